The number of nitrogens with one attached hydrogen (secondary N) is 1. The van der Waals surface area contributed by atoms with E-state index in [4.69, 9.17) is 5.73 Å². The molecule has 4 fully saturated rings. The van der Waals surface area contributed by atoms with Crippen LogP contribution in [0.15, 0.2) is 47.3 Å². The Bertz CT molecular complexity index is 1890. The molecule has 3 amide bonds. The fourth-order valence-corrected chi connectivity index (χ4v) is 9.54. The molecule has 1 aliphatic carbocycles. The summed E-state index contributed by atoms with van der Waals surface area (Å²) in [6.45, 7) is 10.7. The lowest BCUT2D eigenvalue weighted by molar-refractivity contribution is -0.142. The van der Waals surface area contributed by atoms with Crippen LogP contribution in [0.2, 0.25) is 0 Å². The Hall–Kier alpha value is -4.20. The van der Waals surface area contributed by atoms with Gasteiger partial charge in [-0.3, -0.25) is 29.0 Å². The summed E-state index contributed by atoms with van der Waals surface area (Å²) in [6, 6.07) is 11.6. The van der Waals surface area contributed by atoms with E-state index in [-0.39, 0.29) is 41.1 Å². The Balaban J connectivity index is 0.846. The molecule has 0 spiro atoms. The van der Waals surface area contributed by atoms with Gasteiger partial charge in [-0.25, -0.2) is 9.49 Å². The summed E-state index contributed by atoms with van der Waals surface area (Å²) < 4.78 is 15.0. The first-order valence-corrected chi connectivity index (χ1v) is 20.4. The van der Waals surface area contributed by atoms with Crippen molar-refractivity contribution in [1.29, 1.82) is 0 Å². The van der Waals surface area contributed by atoms with E-state index in [0.717, 1.165) is 58.4 Å². The van der Waals surface area contributed by atoms with Crippen molar-refractivity contribution >= 4 is 28.5 Å². The van der Waals surface area contributed by atoms with E-state index in [1.54, 1.807) is 29.2 Å². The van der Waals surface area contributed by atoms with E-state index in [9.17, 15) is 19.2 Å². The highest BCUT2D eigenvalue weighted by Crippen LogP contribution is 2.29. The topological polar surface area (TPSA) is 139 Å². The number of aromatic amines is 1. The molecule has 55 heavy (non-hydrogen) atoms. The van der Waals surface area contributed by atoms with Crippen molar-refractivity contribution in [3.8, 4) is 0 Å². The van der Waals surface area contributed by atoms with Crippen LogP contribution in [0.3, 0.4) is 0 Å². The molecule has 2 aromatic carbocycles. The number of piperidine rings is 1. The minimum Gasteiger partial charge on any atom is -0.338 e. The van der Waals surface area contributed by atoms with Crippen LogP contribution in [0.5, 0.6) is 0 Å². The maximum atomic E-state index is 15.0. The van der Waals surface area contributed by atoms with E-state index < -0.39 is 11.7 Å². The van der Waals surface area contributed by atoms with Gasteiger partial charge in [-0.05, 0) is 88.2 Å². The molecular weight excluding hydrogens is 700 g/mol. The number of H-pyrrole nitrogens is 1. The number of hydrogen-bond donors (Lipinski definition) is 2. The first kappa shape index (κ1) is 39.1. The minimum absolute atomic E-state index is 0.00739. The number of aromatic nitrogens is 2. The van der Waals surface area contributed by atoms with Crippen LogP contribution in [0.1, 0.15) is 80.4 Å². The lowest BCUT2D eigenvalue weighted by Gasteiger charge is -2.47. The molecule has 3 aromatic rings. The summed E-state index contributed by atoms with van der Waals surface area (Å²) in [5.41, 5.74) is 7.60. The monoisotopic (exact) mass is 756 g/mol. The summed E-state index contributed by atoms with van der Waals surface area (Å²) in [7, 11) is 0. The summed E-state index contributed by atoms with van der Waals surface area (Å²) in [4.78, 5) is 62.8. The number of benzene rings is 2. The largest absolute Gasteiger partial charge is 0.338 e. The van der Waals surface area contributed by atoms with Crippen molar-refractivity contribution in [2.75, 3.05) is 65.4 Å². The van der Waals surface area contributed by atoms with Gasteiger partial charge in [-0.1, -0.05) is 43.5 Å². The molecule has 0 bridgehead atoms. The SMILES string of the molecule is C[C@@H]1CN(CC2CCN(CC(=O)N3CCN(C(=O)c4cc(Cc5n[nH]c(=O)c6ccccc56)ccc4F)CC3)CC2)C[C@H](C)N1C(=O)[C@H](N)C1CCCCC1. The van der Waals surface area contributed by atoms with Gasteiger partial charge in [0.25, 0.3) is 11.5 Å². The summed E-state index contributed by atoms with van der Waals surface area (Å²) >= 11 is 0. The maximum Gasteiger partial charge on any atom is 0.272 e. The van der Waals surface area contributed by atoms with Crippen molar-refractivity contribution < 1.29 is 18.8 Å². The zero-order chi connectivity index (χ0) is 38.6. The van der Waals surface area contributed by atoms with E-state index in [1.807, 2.05) is 17.0 Å². The quantitative estimate of drug-likeness (QED) is 0.339. The number of rotatable bonds is 9. The summed E-state index contributed by atoms with van der Waals surface area (Å²) in [5, 5.41) is 8.00. The number of nitrogens with zero attached hydrogens (tertiary/aromatic N) is 6. The number of fused-ring (bicyclic) bond motifs is 1. The van der Waals surface area contributed by atoms with Gasteiger partial charge in [-0.15, -0.1) is 0 Å². The molecule has 7 rings (SSSR count). The molecule has 3 saturated heterocycles. The molecule has 1 saturated carbocycles. The molecule has 3 N–H and O–H groups in total. The molecule has 12 nitrogen and oxygen atoms in total. The second-order valence-electron chi connectivity index (χ2n) is 16.5. The zero-order valence-corrected chi connectivity index (χ0v) is 32.4. The Morgan fingerprint density at radius 2 is 1.51 bits per heavy atom. The normalized spacial score (nSPS) is 22.9. The Kier molecular flexibility index (Phi) is 12.3. The number of carbonyl (C=O) groups is 3. The van der Waals surface area contributed by atoms with Gasteiger partial charge < -0.3 is 20.4 Å². The fraction of sp³-hybridized carbons (Fsp3) is 0.595. The van der Waals surface area contributed by atoms with Crippen molar-refractivity contribution in [2.24, 2.45) is 17.6 Å². The molecule has 0 radical (unpaired) electrons. The number of carbonyl (C=O) groups excluding carboxylic acids is 3. The predicted molar refractivity (Wildman–Crippen MR) is 210 cm³/mol. The predicted octanol–water partition coefficient (Wildman–Crippen LogP) is 3.48. The van der Waals surface area contributed by atoms with Gasteiger partial charge >= 0.3 is 0 Å². The first-order chi connectivity index (χ1) is 26.5. The van der Waals surface area contributed by atoms with E-state index in [0.29, 0.717) is 73.0 Å². The van der Waals surface area contributed by atoms with Crippen molar-refractivity contribution in [3.63, 3.8) is 0 Å². The van der Waals surface area contributed by atoms with Gasteiger partial charge in [-0.2, -0.15) is 5.10 Å². The first-order valence-electron chi connectivity index (χ1n) is 20.4. The second kappa shape index (κ2) is 17.3. The van der Waals surface area contributed by atoms with E-state index in [2.05, 4.69) is 38.7 Å². The zero-order valence-electron chi connectivity index (χ0n) is 32.4. The van der Waals surface area contributed by atoms with Gasteiger partial charge in [0.2, 0.25) is 11.8 Å². The van der Waals surface area contributed by atoms with Crippen molar-refractivity contribution in [1.82, 2.24) is 34.7 Å². The van der Waals surface area contributed by atoms with Gasteiger partial charge in [0.15, 0.2) is 0 Å². The Labute approximate surface area is 323 Å². The Morgan fingerprint density at radius 1 is 0.855 bits per heavy atom. The summed E-state index contributed by atoms with van der Waals surface area (Å²) in [5.74, 6) is 0.0710. The number of amides is 3. The molecule has 13 heteroatoms. The highest BCUT2D eigenvalue weighted by atomic mass is 19.1. The lowest BCUT2D eigenvalue weighted by Crippen LogP contribution is -2.63. The maximum absolute atomic E-state index is 15.0. The van der Waals surface area contributed by atoms with Crippen LogP contribution in [0, 0.1) is 17.7 Å². The van der Waals surface area contributed by atoms with E-state index in [1.165, 1.54) is 25.3 Å². The van der Waals surface area contributed by atoms with Gasteiger partial charge in [0, 0.05) is 69.7 Å². The molecular formula is C42H57FN8O4. The molecule has 1 aromatic heterocycles. The van der Waals surface area contributed by atoms with Crippen LogP contribution in [0.25, 0.3) is 10.8 Å². The van der Waals surface area contributed by atoms with Crippen LogP contribution >= 0.6 is 0 Å². The third-order valence-corrected chi connectivity index (χ3v) is 12.6. The highest BCUT2D eigenvalue weighted by Gasteiger charge is 2.38. The van der Waals surface area contributed by atoms with Crippen LogP contribution in [-0.2, 0) is 16.0 Å². The highest BCUT2D eigenvalue weighted by molar-refractivity contribution is 5.95. The molecule has 3 aliphatic heterocycles. The number of piperazine rings is 2. The number of likely N-dealkylation sites (tertiary alicyclic amines) is 1. The third kappa shape index (κ3) is 8.94. The van der Waals surface area contributed by atoms with Crippen LogP contribution in [0.4, 0.5) is 4.39 Å². The van der Waals surface area contributed by atoms with Gasteiger partial charge in [0.1, 0.15) is 5.82 Å². The minimum atomic E-state index is -0.592. The molecule has 4 aliphatic rings. The number of nitrogens with two attached hydrogens (primary N) is 1. The van der Waals surface area contributed by atoms with Gasteiger partial charge in [0.05, 0.1) is 29.2 Å². The Morgan fingerprint density at radius 3 is 2.20 bits per heavy atom. The molecule has 296 valence electrons. The standard InChI is InChI=1S/C42H57FN8O4/c1-28-24-48(25-29(2)51(28)42(55)39(44)32-8-4-3-5-9-32)26-30-14-16-47(17-15-30)27-38(52)49-18-20-50(21-19-49)41(54)35-22-31(12-13-36(35)43)23-37-33-10-6-7-11-34(33)40(53)46-45-37/h6-7,10-13,22,28-30,32,39H,3-5,8-9,14-21,23-27,44H2,1-2H3,(H,46,53)/t28-,29+,39-/m1/s1. The fourth-order valence-electron chi connectivity index (χ4n) is 9.54. The average Bonchev–Trinajstić information content (AvgIpc) is 3.20. The van der Waals surface area contributed by atoms with Crippen molar-refractivity contribution in [2.45, 2.75) is 83.3 Å². The molecule has 3 atom stereocenters. The van der Waals surface area contributed by atoms with E-state index >= 15 is 4.39 Å². The number of halogens is 1. The summed E-state index contributed by atoms with van der Waals surface area (Å²) in [6.07, 6.45) is 8.12. The molecule has 0 unspecified atom stereocenters. The molecule has 4 heterocycles. The van der Waals surface area contributed by atoms with Crippen molar-refractivity contribution in [3.05, 3.63) is 75.5 Å². The third-order valence-electron chi connectivity index (χ3n) is 12.6. The number of hydrogen-bond acceptors (Lipinski definition) is 8. The average molecular weight is 757 g/mol. The second-order valence-corrected chi connectivity index (χ2v) is 16.5. The lowest BCUT2D eigenvalue weighted by atomic mass is 9.83. The van der Waals surface area contributed by atoms with Crippen LogP contribution in [-0.4, -0.2) is 136 Å². The smallest absolute Gasteiger partial charge is 0.272 e. The van der Waals surface area contributed by atoms with Crippen LogP contribution < -0.4 is 11.3 Å².